The van der Waals surface area contributed by atoms with Gasteiger partial charge in [0, 0.05) is 18.8 Å². The van der Waals surface area contributed by atoms with E-state index in [1.165, 1.54) is 12.2 Å². The molecular formula is C8H17N3OS. The van der Waals surface area contributed by atoms with Crippen molar-refractivity contribution in [2.24, 2.45) is 11.5 Å². The van der Waals surface area contributed by atoms with Crippen molar-refractivity contribution >= 4 is 17.7 Å². The van der Waals surface area contributed by atoms with E-state index >= 15 is 0 Å². The van der Waals surface area contributed by atoms with Crippen LogP contribution in [0.1, 0.15) is 6.42 Å². The summed E-state index contributed by atoms with van der Waals surface area (Å²) in [5, 5.41) is 0. The normalized spacial score (nSPS) is 22.2. The average molecular weight is 203 g/mol. The highest BCUT2D eigenvalue weighted by atomic mass is 32.2. The van der Waals surface area contributed by atoms with Gasteiger partial charge in [-0.3, -0.25) is 4.79 Å². The maximum atomic E-state index is 10.7. The lowest BCUT2D eigenvalue weighted by molar-refractivity contribution is -0.119. The van der Waals surface area contributed by atoms with Gasteiger partial charge in [0.25, 0.3) is 0 Å². The molecule has 0 radical (unpaired) electrons. The van der Waals surface area contributed by atoms with Crippen molar-refractivity contribution in [2.75, 3.05) is 31.1 Å². The minimum absolute atomic E-state index is 0.406. The monoisotopic (exact) mass is 203 g/mol. The number of carbonyl (C=O) groups is 1. The first-order valence-electron chi connectivity index (χ1n) is 4.55. The molecule has 1 heterocycles. The summed E-state index contributed by atoms with van der Waals surface area (Å²) in [6.45, 7) is 2.66. The average Bonchev–Trinajstić information content (AvgIpc) is 2.32. The molecule has 0 aromatic carbocycles. The van der Waals surface area contributed by atoms with Gasteiger partial charge in [-0.05, 0) is 18.7 Å². The Hall–Kier alpha value is -0.260. The molecule has 0 spiro atoms. The first kappa shape index (κ1) is 10.8. The topological polar surface area (TPSA) is 72.3 Å². The SMILES string of the molecule is NC(=O)C(N)CN1CCCSCC1. The second-order valence-electron chi connectivity index (χ2n) is 3.28. The third kappa shape index (κ3) is 3.97. The van der Waals surface area contributed by atoms with Crippen LogP contribution >= 0.6 is 11.8 Å². The largest absolute Gasteiger partial charge is 0.368 e. The van der Waals surface area contributed by atoms with Gasteiger partial charge in [0.05, 0.1) is 6.04 Å². The van der Waals surface area contributed by atoms with Crippen LogP contribution in [0, 0.1) is 0 Å². The van der Waals surface area contributed by atoms with Gasteiger partial charge in [-0.1, -0.05) is 0 Å². The molecule has 4 nitrogen and oxygen atoms in total. The number of hydrogen-bond acceptors (Lipinski definition) is 4. The molecule has 5 heteroatoms. The molecule has 0 aliphatic carbocycles. The van der Waals surface area contributed by atoms with Gasteiger partial charge in [0.15, 0.2) is 0 Å². The van der Waals surface area contributed by atoms with Crippen LogP contribution in [0.15, 0.2) is 0 Å². The molecule has 76 valence electrons. The van der Waals surface area contributed by atoms with E-state index in [1.807, 2.05) is 11.8 Å². The summed E-state index contributed by atoms with van der Waals surface area (Å²) < 4.78 is 0. The maximum absolute atomic E-state index is 10.7. The van der Waals surface area contributed by atoms with Gasteiger partial charge in [0.1, 0.15) is 0 Å². The summed E-state index contributed by atoms with van der Waals surface area (Å²) in [7, 11) is 0. The quantitative estimate of drug-likeness (QED) is 0.632. The highest BCUT2D eigenvalue weighted by molar-refractivity contribution is 7.99. The van der Waals surface area contributed by atoms with E-state index in [1.54, 1.807) is 0 Å². The second-order valence-corrected chi connectivity index (χ2v) is 4.50. The number of hydrogen-bond donors (Lipinski definition) is 2. The predicted molar refractivity (Wildman–Crippen MR) is 55.6 cm³/mol. The predicted octanol–water partition coefficient (Wildman–Crippen LogP) is -0.762. The van der Waals surface area contributed by atoms with Crippen LogP contribution in [-0.4, -0.2) is 48.0 Å². The van der Waals surface area contributed by atoms with Gasteiger partial charge >= 0.3 is 0 Å². The minimum Gasteiger partial charge on any atom is -0.368 e. The molecule has 13 heavy (non-hydrogen) atoms. The summed E-state index contributed by atoms with van der Waals surface area (Å²) in [6, 6.07) is -0.511. The van der Waals surface area contributed by atoms with Crippen molar-refractivity contribution in [2.45, 2.75) is 12.5 Å². The molecule has 0 aromatic rings. The van der Waals surface area contributed by atoms with Gasteiger partial charge in [-0.2, -0.15) is 11.8 Å². The molecule has 1 aliphatic rings. The highest BCUT2D eigenvalue weighted by Crippen LogP contribution is 2.09. The molecule has 1 atom stereocenters. The summed E-state index contributed by atoms with van der Waals surface area (Å²) in [5.41, 5.74) is 10.7. The Labute approximate surface area is 83.0 Å². The van der Waals surface area contributed by atoms with E-state index in [0.717, 1.165) is 18.8 Å². The molecule has 1 rings (SSSR count). The Morgan fingerprint density at radius 2 is 2.23 bits per heavy atom. The molecule has 1 fully saturated rings. The fourth-order valence-corrected chi connectivity index (χ4v) is 2.27. The Morgan fingerprint density at radius 1 is 1.46 bits per heavy atom. The zero-order chi connectivity index (χ0) is 9.68. The number of thioether (sulfide) groups is 1. The minimum atomic E-state index is -0.511. The van der Waals surface area contributed by atoms with Crippen molar-refractivity contribution in [3.05, 3.63) is 0 Å². The third-order valence-electron chi connectivity index (χ3n) is 2.14. The van der Waals surface area contributed by atoms with E-state index in [9.17, 15) is 4.79 Å². The molecule has 1 unspecified atom stereocenters. The zero-order valence-corrected chi connectivity index (χ0v) is 8.55. The summed E-state index contributed by atoms with van der Waals surface area (Å²) in [4.78, 5) is 12.9. The van der Waals surface area contributed by atoms with Gasteiger partial charge in [-0.25, -0.2) is 0 Å². The Morgan fingerprint density at radius 3 is 2.92 bits per heavy atom. The molecule has 0 saturated carbocycles. The molecule has 1 aliphatic heterocycles. The van der Waals surface area contributed by atoms with Crippen molar-refractivity contribution in [3.8, 4) is 0 Å². The van der Waals surface area contributed by atoms with E-state index in [-0.39, 0.29) is 0 Å². The van der Waals surface area contributed by atoms with Gasteiger partial charge in [-0.15, -0.1) is 0 Å². The van der Waals surface area contributed by atoms with Gasteiger partial charge < -0.3 is 16.4 Å². The number of carbonyl (C=O) groups excluding carboxylic acids is 1. The van der Waals surface area contributed by atoms with E-state index in [0.29, 0.717) is 6.54 Å². The number of nitrogens with zero attached hydrogens (tertiary/aromatic N) is 1. The second kappa shape index (κ2) is 5.47. The Bertz CT molecular complexity index is 169. The molecule has 4 N–H and O–H groups in total. The van der Waals surface area contributed by atoms with Crippen LogP contribution in [0.25, 0.3) is 0 Å². The van der Waals surface area contributed by atoms with Crippen LogP contribution in [0.5, 0.6) is 0 Å². The smallest absolute Gasteiger partial charge is 0.235 e. The number of amides is 1. The lowest BCUT2D eigenvalue weighted by Crippen LogP contribution is -2.46. The van der Waals surface area contributed by atoms with Crippen LogP contribution in [0.3, 0.4) is 0 Å². The van der Waals surface area contributed by atoms with Crippen molar-refractivity contribution in [3.63, 3.8) is 0 Å². The maximum Gasteiger partial charge on any atom is 0.235 e. The van der Waals surface area contributed by atoms with Crippen LogP contribution in [-0.2, 0) is 4.79 Å². The van der Waals surface area contributed by atoms with Gasteiger partial charge in [0.2, 0.25) is 5.91 Å². The number of rotatable bonds is 3. The van der Waals surface area contributed by atoms with Crippen molar-refractivity contribution in [1.82, 2.24) is 4.90 Å². The van der Waals surface area contributed by atoms with Crippen molar-refractivity contribution < 1.29 is 4.79 Å². The fourth-order valence-electron chi connectivity index (χ4n) is 1.35. The fraction of sp³-hybridized carbons (Fsp3) is 0.875. The number of primary amides is 1. The van der Waals surface area contributed by atoms with E-state index in [2.05, 4.69) is 4.90 Å². The standard InChI is InChI=1S/C8H17N3OS/c9-7(8(10)12)6-11-2-1-4-13-5-3-11/h7H,1-6,9H2,(H2,10,12). The Kier molecular flexibility index (Phi) is 4.55. The van der Waals surface area contributed by atoms with Crippen LogP contribution < -0.4 is 11.5 Å². The Balaban J connectivity index is 2.29. The van der Waals surface area contributed by atoms with Crippen LogP contribution in [0.4, 0.5) is 0 Å². The number of nitrogens with two attached hydrogens (primary N) is 2. The molecule has 0 aromatic heterocycles. The first-order valence-corrected chi connectivity index (χ1v) is 5.70. The summed E-state index contributed by atoms with van der Waals surface area (Å²) in [5.74, 6) is 1.94. The third-order valence-corrected chi connectivity index (χ3v) is 3.18. The summed E-state index contributed by atoms with van der Waals surface area (Å²) in [6.07, 6.45) is 1.18. The molecule has 1 amide bonds. The molecular weight excluding hydrogens is 186 g/mol. The molecule has 0 bridgehead atoms. The highest BCUT2D eigenvalue weighted by Gasteiger charge is 2.15. The van der Waals surface area contributed by atoms with E-state index < -0.39 is 11.9 Å². The summed E-state index contributed by atoms with van der Waals surface area (Å²) >= 11 is 1.96. The molecule has 1 saturated heterocycles. The first-order chi connectivity index (χ1) is 6.20. The lowest BCUT2D eigenvalue weighted by atomic mass is 10.2. The lowest BCUT2D eigenvalue weighted by Gasteiger charge is -2.21. The van der Waals surface area contributed by atoms with Crippen LogP contribution in [0.2, 0.25) is 0 Å². The van der Waals surface area contributed by atoms with E-state index in [4.69, 9.17) is 11.5 Å². The van der Waals surface area contributed by atoms with Crippen molar-refractivity contribution in [1.29, 1.82) is 0 Å². The zero-order valence-electron chi connectivity index (χ0n) is 7.74.